The van der Waals surface area contributed by atoms with Crippen LogP contribution in [0.3, 0.4) is 0 Å². The van der Waals surface area contributed by atoms with Gasteiger partial charge in [-0.1, -0.05) is 61.0 Å². The summed E-state index contributed by atoms with van der Waals surface area (Å²) in [5.41, 5.74) is 8.81. The highest BCUT2D eigenvalue weighted by Crippen LogP contribution is 2.30. The number of likely N-dealkylation sites (N-methyl/N-ethyl adjacent to an activating group) is 1. The standard InChI is InChI=1S/C21H24ClN3O/c1-14-11-12-18(25(2)13-14)20(15-7-4-3-5-8-15)24-21(26)19-16(22)9-6-10-17(19)23/h3-10,12,14,20H,11,13,23H2,1-2H3,(H,24,26). The molecule has 2 aromatic carbocycles. The fraction of sp³-hybridized carbons (Fsp3) is 0.286. The SMILES string of the molecule is CC1CC=C(C(NC(=O)c2c(N)cccc2Cl)c2ccccc2)N(C)C1. The van der Waals surface area contributed by atoms with E-state index in [2.05, 4.69) is 30.3 Å². The van der Waals surface area contributed by atoms with Crippen molar-refractivity contribution in [1.29, 1.82) is 0 Å². The highest BCUT2D eigenvalue weighted by molar-refractivity contribution is 6.34. The summed E-state index contributed by atoms with van der Waals surface area (Å²) >= 11 is 6.22. The van der Waals surface area contributed by atoms with Crippen LogP contribution in [0.5, 0.6) is 0 Å². The number of rotatable bonds is 4. The summed E-state index contributed by atoms with van der Waals surface area (Å²) < 4.78 is 0. The summed E-state index contributed by atoms with van der Waals surface area (Å²) in [6, 6.07) is 14.8. The van der Waals surface area contributed by atoms with Gasteiger partial charge in [0.25, 0.3) is 5.91 Å². The van der Waals surface area contributed by atoms with Gasteiger partial charge in [0.1, 0.15) is 0 Å². The van der Waals surface area contributed by atoms with E-state index in [4.69, 9.17) is 17.3 Å². The highest BCUT2D eigenvalue weighted by atomic mass is 35.5. The van der Waals surface area contributed by atoms with E-state index in [9.17, 15) is 4.79 Å². The van der Waals surface area contributed by atoms with Crippen LogP contribution in [0.25, 0.3) is 0 Å². The van der Waals surface area contributed by atoms with E-state index in [1.54, 1.807) is 18.2 Å². The third kappa shape index (κ3) is 3.86. The fourth-order valence-electron chi connectivity index (χ4n) is 3.42. The Morgan fingerprint density at radius 3 is 2.62 bits per heavy atom. The Kier molecular flexibility index (Phi) is 5.52. The lowest BCUT2D eigenvalue weighted by molar-refractivity contribution is 0.0937. The average molecular weight is 370 g/mol. The maximum Gasteiger partial charge on any atom is 0.255 e. The Morgan fingerprint density at radius 2 is 1.96 bits per heavy atom. The number of amides is 1. The molecule has 136 valence electrons. The molecule has 0 saturated carbocycles. The molecule has 0 aliphatic carbocycles. The first kappa shape index (κ1) is 18.3. The molecule has 0 saturated heterocycles. The van der Waals surface area contributed by atoms with Gasteiger partial charge >= 0.3 is 0 Å². The summed E-state index contributed by atoms with van der Waals surface area (Å²) in [7, 11) is 2.06. The Balaban J connectivity index is 1.96. The van der Waals surface area contributed by atoms with Crippen LogP contribution in [0, 0.1) is 5.92 Å². The quantitative estimate of drug-likeness (QED) is 0.792. The first-order valence-corrected chi connectivity index (χ1v) is 9.16. The molecule has 0 bridgehead atoms. The molecule has 0 spiro atoms. The minimum absolute atomic E-state index is 0.253. The molecule has 2 atom stereocenters. The van der Waals surface area contributed by atoms with E-state index in [0.717, 1.165) is 24.2 Å². The number of carbonyl (C=O) groups is 1. The third-order valence-corrected chi connectivity index (χ3v) is 5.05. The topological polar surface area (TPSA) is 58.4 Å². The molecular formula is C21H24ClN3O. The number of nitrogen functional groups attached to an aromatic ring is 1. The van der Waals surface area contributed by atoms with E-state index in [0.29, 0.717) is 22.2 Å². The minimum atomic E-state index is -0.269. The monoisotopic (exact) mass is 369 g/mol. The molecule has 3 rings (SSSR count). The molecule has 0 radical (unpaired) electrons. The molecular weight excluding hydrogens is 346 g/mol. The van der Waals surface area contributed by atoms with Gasteiger partial charge in [-0.25, -0.2) is 0 Å². The number of nitrogens with two attached hydrogens (primary N) is 1. The zero-order valence-corrected chi connectivity index (χ0v) is 15.8. The van der Waals surface area contributed by atoms with E-state index in [1.165, 1.54) is 0 Å². The second-order valence-electron chi connectivity index (χ2n) is 6.87. The summed E-state index contributed by atoms with van der Waals surface area (Å²) in [5.74, 6) is 0.324. The average Bonchev–Trinajstić information content (AvgIpc) is 2.61. The van der Waals surface area contributed by atoms with E-state index >= 15 is 0 Å². The third-order valence-electron chi connectivity index (χ3n) is 4.73. The van der Waals surface area contributed by atoms with Gasteiger partial charge in [0.2, 0.25) is 0 Å². The molecule has 0 fully saturated rings. The number of nitrogens with one attached hydrogen (secondary N) is 1. The lowest BCUT2D eigenvalue weighted by atomic mass is 9.95. The molecule has 3 N–H and O–H groups in total. The number of hydrogen-bond acceptors (Lipinski definition) is 3. The first-order valence-electron chi connectivity index (χ1n) is 8.78. The highest BCUT2D eigenvalue weighted by Gasteiger charge is 2.27. The number of allylic oxidation sites excluding steroid dienone is 1. The Hall–Kier alpha value is -2.46. The van der Waals surface area contributed by atoms with Gasteiger partial charge in [0.15, 0.2) is 0 Å². The minimum Gasteiger partial charge on any atom is -0.398 e. The predicted molar refractivity (Wildman–Crippen MR) is 107 cm³/mol. The fourth-order valence-corrected chi connectivity index (χ4v) is 3.69. The van der Waals surface area contributed by atoms with E-state index in [1.807, 2.05) is 30.3 Å². The largest absolute Gasteiger partial charge is 0.398 e. The van der Waals surface area contributed by atoms with Crippen molar-refractivity contribution in [3.05, 3.63) is 76.5 Å². The van der Waals surface area contributed by atoms with Crippen LogP contribution in [0.15, 0.2) is 60.3 Å². The summed E-state index contributed by atoms with van der Waals surface area (Å²) in [5, 5.41) is 3.49. The van der Waals surface area contributed by atoms with Crippen molar-refractivity contribution in [2.75, 3.05) is 19.3 Å². The van der Waals surface area contributed by atoms with Crippen molar-refractivity contribution in [3.63, 3.8) is 0 Å². The van der Waals surface area contributed by atoms with E-state index < -0.39 is 0 Å². The smallest absolute Gasteiger partial charge is 0.255 e. The number of benzene rings is 2. The molecule has 2 aromatic rings. The van der Waals surface area contributed by atoms with Crippen LogP contribution in [0.1, 0.15) is 35.3 Å². The number of anilines is 1. The molecule has 2 unspecified atom stereocenters. The number of nitrogens with zero attached hydrogens (tertiary/aromatic N) is 1. The van der Waals surface area contributed by atoms with Gasteiger partial charge in [-0.2, -0.15) is 0 Å². The van der Waals surface area contributed by atoms with Gasteiger partial charge in [-0.3, -0.25) is 4.79 Å². The van der Waals surface area contributed by atoms with Gasteiger partial charge in [0, 0.05) is 25.0 Å². The number of halogens is 1. The van der Waals surface area contributed by atoms with Crippen molar-refractivity contribution in [2.45, 2.75) is 19.4 Å². The predicted octanol–water partition coefficient (Wildman–Crippen LogP) is 4.25. The number of hydrogen-bond donors (Lipinski definition) is 2. The molecule has 1 aliphatic rings. The normalized spacial score (nSPS) is 18.2. The van der Waals surface area contributed by atoms with Crippen molar-refractivity contribution in [1.82, 2.24) is 10.2 Å². The van der Waals surface area contributed by atoms with Crippen molar-refractivity contribution in [3.8, 4) is 0 Å². The lowest BCUT2D eigenvalue weighted by Crippen LogP contribution is -2.38. The number of carbonyl (C=O) groups excluding carboxylic acids is 1. The molecule has 26 heavy (non-hydrogen) atoms. The molecule has 4 nitrogen and oxygen atoms in total. The molecule has 1 aliphatic heterocycles. The van der Waals surface area contributed by atoms with Crippen LogP contribution in [0.4, 0.5) is 5.69 Å². The first-order chi connectivity index (χ1) is 12.5. The second-order valence-corrected chi connectivity index (χ2v) is 7.28. The van der Waals surface area contributed by atoms with Crippen molar-refractivity contribution < 1.29 is 4.79 Å². The van der Waals surface area contributed by atoms with Gasteiger partial charge < -0.3 is 16.0 Å². The zero-order chi connectivity index (χ0) is 18.7. The Morgan fingerprint density at radius 1 is 1.23 bits per heavy atom. The van der Waals surface area contributed by atoms with Crippen LogP contribution < -0.4 is 11.1 Å². The van der Waals surface area contributed by atoms with Gasteiger partial charge in [-0.05, 0) is 30.0 Å². The molecule has 0 aromatic heterocycles. The molecule has 5 heteroatoms. The van der Waals surface area contributed by atoms with Crippen LogP contribution in [-0.4, -0.2) is 24.4 Å². The molecule has 1 heterocycles. The summed E-state index contributed by atoms with van der Waals surface area (Å²) in [6.45, 7) is 3.18. The molecule has 1 amide bonds. The van der Waals surface area contributed by atoms with Gasteiger partial charge in [0.05, 0.1) is 16.6 Å². The zero-order valence-electron chi connectivity index (χ0n) is 15.1. The Bertz CT molecular complexity index is 799. The van der Waals surface area contributed by atoms with Crippen molar-refractivity contribution >= 4 is 23.2 Å². The Labute approximate surface area is 159 Å². The van der Waals surface area contributed by atoms with E-state index in [-0.39, 0.29) is 11.9 Å². The maximum absolute atomic E-state index is 13.0. The van der Waals surface area contributed by atoms with Crippen LogP contribution in [-0.2, 0) is 0 Å². The van der Waals surface area contributed by atoms with Crippen LogP contribution >= 0.6 is 11.6 Å². The summed E-state index contributed by atoms with van der Waals surface area (Å²) in [6.07, 6.45) is 3.20. The summed E-state index contributed by atoms with van der Waals surface area (Å²) in [4.78, 5) is 15.2. The van der Waals surface area contributed by atoms with Crippen LogP contribution in [0.2, 0.25) is 5.02 Å². The van der Waals surface area contributed by atoms with Gasteiger partial charge in [-0.15, -0.1) is 0 Å². The maximum atomic E-state index is 13.0. The lowest BCUT2D eigenvalue weighted by Gasteiger charge is -2.35. The second kappa shape index (κ2) is 7.83. The van der Waals surface area contributed by atoms with Crippen molar-refractivity contribution in [2.24, 2.45) is 5.92 Å².